The summed E-state index contributed by atoms with van der Waals surface area (Å²) in [6.45, 7) is 2.46. The van der Waals surface area contributed by atoms with E-state index >= 15 is 0 Å². The van der Waals surface area contributed by atoms with Gasteiger partial charge in [-0.1, -0.05) is 0 Å². The molecule has 1 aliphatic heterocycles. The highest BCUT2D eigenvalue weighted by Gasteiger charge is 2.29. The van der Waals surface area contributed by atoms with E-state index in [2.05, 4.69) is 10.1 Å². The van der Waals surface area contributed by atoms with E-state index in [1.807, 2.05) is 6.92 Å². The Bertz CT molecular complexity index is 666. The van der Waals surface area contributed by atoms with Crippen LogP contribution in [0.4, 0.5) is 4.39 Å². The van der Waals surface area contributed by atoms with Crippen molar-refractivity contribution < 1.29 is 19.0 Å². The summed E-state index contributed by atoms with van der Waals surface area (Å²) in [5, 5.41) is 13.6. The second kappa shape index (κ2) is 4.59. The summed E-state index contributed by atoms with van der Waals surface area (Å²) >= 11 is 0. The summed E-state index contributed by atoms with van der Waals surface area (Å²) in [6, 6.07) is 2.62. The molecule has 0 amide bonds. The molecule has 0 aromatic carbocycles. The number of carbonyl (C=O) groups is 1. The van der Waals surface area contributed by atoms with E-state index < -0.39 is 11.9 Å². The van der Waals surface area contributed by atoms with Gasteiger partial charge in [-0.25, -0.2) is 14.5 Å². The van der Waals surface area contributed by atoms with Crippen LogP contribution in [0.1, 0.15) is 23.7 Å². The van der Waals surface area contributed by atoms with E-state index in [4.69, 9.17) is 4.74 Å². The molecule has 20 heavy (non-hydrogen) atoms. The number of rotatable bonds is 2. The first-order chi connectivity index (χ1) is 9.56. The smallest absolute Gasteiger partial charge is 0.343 e. The van der Waals surface area contributed by atoms with Crippen molar-refractivity contribution in [3.05, 3.63) is 29.8 Å². The molecule has 0 radical (unpaired) electrons. The molecule has 2 aromatic heterocycles. The molecule has 0 aliphatic carbocycles. The number of nitrogens with zero attached hydrogens (tertiary/aromatic N) is 3. The Balaban J connectivity index is 2.16. The normalized spacial score (nSPS) is 17.4. The Hall–Kier alpha value is -2.44. The van der Waals surface area contributed by atoms with Crippen molar-refractivity contribution in [2.45, 2.75) is 26.0 Å². The maximum absolute atomic E-state index is 12.9. The summed E-state index contributed by atoms with van der Waals surface area (Å²) in [7, 11) is 0. The fourth-order valence-corrected chi connectivity index (χ4v) is 2.18. The van der Waals surface area contributed by atoms with Crippen molar-refractivity contribution in [3.8, 4) is 17.1 Å². The van der Waals surface area contributed by atoms with Crippen LogP contribution in [-0.4, -0.2) is 31.9 Å². The van der Waals surface area contributed by atoms with Gasteiger partial charge in [0.25, 0.3) is 0 Å². The fourth-order valence-electron chi connectivity index (χ4n) is 2.18. The third kappa shape index (κ3) is 2.01. The quantitative estimate of drug-likeness (QED) is 0.849. The van der Waals surface area contributed by atoms with Crippen LogP contribution >= 0.6 is 0 Å². The molecule has 6 nitrogen and oxygen atoms in total. The first-order valence-electron chi connectivity index (χ1n) is 6.19. The molecule has 7 heteroatoms. The molecular formula is C13H12FN3O3. The van der Waals surface area contributed by atoms with Gasteiger partial charge in [-0.3, -0.25) is 0 Å². The van der Waals surface area contributed by atoms with E-state index in [1.54, 1.807) is 0 Å². The van der Waals surface area contributed by atoms with Crippen molar-refractivity contribution in [3.63, 3.8) is 0 Å². The maximum atomic E-state index is 12.9. The van der Waals surface area contributed by atoms with Gasteiger partial charge in [-0.05, 0) is 19.1 Å². The largest absolute Gasteiger partial charge is 0.477 e. The highest BCUT2D eigenvalue weighted by atomic mass is 19.1. The third-order valence-electron chi connectivity index (χ3n) is 3.18. The minimum Gasteiger partial charge on any atom is -0.477 e. The van der Waals surface area contributed by atoms with E-state index in [9.17, 15) is 14.3 Å². The molecule has 0 saturated heterocycles. The molecule has 0 saturated carbocycles. The summed E-state index contributed by atoms with van der Waals surface area (Å²) in [5.41, 5.74) is 0.681. The minimum absolute atomic E-state index is 0.00930. The Labute approximate surface area is 113 Å². The standard InChI is InChI=1S/C13H12FN3O3/c1-7-4-5-17-12(20-7)10(13(18)19)11(16-17)8-2-3-9(14)15-6-8/h2-3,6-7H,4-5H2,1H3,(H,18,19)/t7-/m1/s1. The highest BCUT2D eigenvalue weighted by molar-refractivity contribution is 5.97. The van der Waals surface area contributed by atoms with Crippen molar-refractivity contribution >= 4 is 5.97 Å². The molecule has 0 bridgehead atoms. The average molecular weight is 277 g/mol. The van der Waals surface area contributed by atoms with Crippen LogP contribution in [0, 0.1) is 5.95 Å². The molecule has 3 rings (SSSR count). The van der Waals surface area contributed by atoms with E-state index in [0.29, 0.717) is 12.1 Å². The van der Waals surface area contributed by atoms with Crippen LogP contribution in [0.25, 0.3) is 11.3 Å². The number of pyridine rings is 1. The first-order valence-corrected chi connectivity index (χ1v) is 6.19. The Morgan fingerprint density at radius 1 is 1.55 bits per heavy atom. The zero-order chi connectivity index (χ0) is 14.3. The predicted molar refractivity (Wildman–Crippen MR) is 67.1 cm³/mol. The third-order valence-corrected chi connectivity index (χ3v) is 3.18. The van der Waals surface area contributed by atoms with Crippen LogP contribution in [-0.2, 0) is 6.54 Å². The lowest BCUT2D eigenvalue weighted by molar-refractivity contribution is 0.0684. The highest BCUT2D eigenvalue weighted by Crippen LogP contribution is 2.33. The minimum atomic E-state index is -1.13. The molecule has 1 atom stereocenters. The Kier molecular flexibility index (Phi) is 2.89. The molecule has 2 aromatic rings. The van der Waals surface area contributed by atoms with Crippen LogP contribution in [0.2, 0.25) is 0 Å². The first kappa shape index (κ1) is 12.6. The van der Waals surface area contributed by atoms with Gasteiger partial charge in [0.05, 0.1) is 6.10 Å². The molecule has 104 valence electrons. The number of ether oxygens (including phenoxy) is 1. The van der Waals surface area contributed by atoms with Crippen LogP contribution in [0.15, 0.2) is 18.3 Å². The molecule has 0 unspecified atom stereocenters. The lowest BCUT2D eigenvalue weighted by atomic mass is 10.1. The number of carboxylic acid groups (broad SMARTS) is 1. The van der Waals surface area contributed by atoms with E-state index in [1.165, 1.54) is 23.0 Å². The monoisotopic (exact) mass is 277 g/mol. The number of aryl methyl sites for hydroxylation is 1. The number of aromatic carboxylic acids is 1. The summed E-state index contributed by atoms with van der Waals surface area (Å²) in [4.78, 5) is 15.0. The van der Waals surface area contributed by atoms with Crippen molar-refractivity contribution in [1.82, 2.24) is 14.8 Å². The summed E-state index contributed by atoms with van der Waals surface area (Å²) < 4.78 is 20.0. The van der Waals surface area contributed by atoms with Crippen LogP contribution in [0.3, 0.4) is 0 Å². The molecular weight excluding hydrogens is 265 g/mol. The van der Waals surface area contributed by atoms with E-state index in [0.717, 1.165) is 6.42 Å². The van der Waals surface area contributed by atoms with Crippen molar-refractivity contribution in [2.24, 2.45) is 0 Å². The number of halogens is 1. The van der Waals surface area contributed by atoms with Crippen LogP contribution < -0.4 is 4.74 Å². The van der Waals surface area contributed by atoms with Crippen molar-refractivity contribution in [2.75, 3.05) is 0 Å². The predicted octanol–water partition coefficient (Wildman–Crippen LogP) is 1.95. The molecule has 0 spiro atoms. The summed E-state index contributed by atoms with van der Waals surface area (Å²) in [5.74, 6) is -1.50. The topological polar surface area (TPSA) is 77.2 Å². The lowest BCUT2D eigenvalue weighted by Crippen LogP contribution is -2.24. The van der Waals surface area contributed by atoms with Gasteiger partial charge in [0, 0.05) is 24.7 Å². The van der Waals surface area contributed by atoms with Gasteiger partial charge in [-0.15, -0.1) is 0 Å². The number of carboxylic acids is 1. The summed E-state index contributed by atoms with van der Waals surface area (Å²) in [6.07, 6.45) is 1.96. The second-order valence-corrected chi connectivity index (χ2v) is 4.64. The van der Waals surface area contributed by atoms with Gasteiger partial charge in [-0.2, -0.15) is 9.49 Å². The number of aromatic nitrogens is 3. The van der Waals surface area contributed by atoms with Gasteiger partial charge < -0.3 is 9.84 Å². The van der Waals surface area contributed by atoms with E-state index in [-0.39, 0.29) is 23.2 Å². The number of fused-ring (bicyclic) bond motifs is 1. The second-order valence-electron chi connectivity index (χ2n) is 4.64. The molecule has 1 aliphatic rings. The van der Waals surface area contributed by atoms with Crippen molar-refractivity contribution in [1.29, 1.82) is 0 Å². The van der Waals surface area contributed by atoms with Gasteiger partial charge in [0.1, 0.15) is 11.3 Å². The SMILES string of the molecule is C[C@@H]1CCn2nc(-c3ccc(F)nc3)c(C(=O)O)c2O1. The maximum Gasteiger partial charge on any atom is 0.343 e. The fraction of sp³-hybridized carbons (Fsp3) is 0.308. The van der Waals surface area contributed by atoms with Crippen LogP contribution in [0.5, 0.6) is 5.88 Å². The van der Waals surface area contributed by atoms with Gasteiger partial charge >= 0.3 is 5.97 Å². The number of hydrogen-bond acceptors (Lipinski definition) is 4. The number of hydrogen-bond donors (Lipinski definition) is 1. The van der Waals surface area contributed by atoms with Gasteiger partial charge in [0.15, 0.2) is 0 Å². The zero-order valence-corrected chi connectivity index (χ0v) is 10.7. The Morgan fingerprint density at radius 3 is 3.00 bits per heavy atom. The zero-order valence-electron chi connectivity index (χ0n) is 10.7. The molecule has 1 N–H and O–H groups in total. The molecule has 0 fully saturated rings. The lowest BCUT2D eigenvalue weighted by Gasteiger charge is -2.21. The van der Waals surface area contributed by atoms with Gasteiger partial charge in [0.2, 0.25) is 11.8 Å². The Morgan fingerprint density at radius 2 is 2.35 bits per heavy atom. The molecule has 3 heterocycles. The average Bonchev–Trinajstić information content (AvgIpc) is 2.78.